The maximum atomic E-state index is 13.4. The van der Waals surface area contributed by atoms with Gasteiger partial charge in [-0.15, -0.1) is 11.3 Å². The number of carbonyl (C=O) groups is 1. The molecule has 1 amide bonds. The smallest absolute Gasteiger partial charge is 0.416 e. The third-order valence-electron chi connectivity index (χ3n) is 7.44. The Hall–Kier alpha value is -4.67. The summed E-state index contributed by atoms with van der Waals surface area (Å²) in [6.45, 7) is 1.13. The van der Waals surface area contributed by atoms with Crippen LogP contribution >= 0.6 is 11.3 Å². The fourth-order valence-electron chi connectivity index (χ4n) is 5.27. The number of hydrogen-bond donors (Lipinski definition) is 1. The fourth-order valence-corrected chi connectivity index (χ4v) is 6.08. The SMILES string of the molecule is O=C(N[C@@H](Cc1ccccc1)c1ccccc1)c1csc(CN(Cc2cccc(C(F)(F)F)c2)Cc2ccc3c(c2)OCO3)n1. The first kappa shape index (κ1) is 30.4. The summed E-state index contributed by atoms with van der Waals surface area (Å²) in [5.41, 5.74) is 3.12. The van der Waals surface area contributed by atoms with E-state index in [4.69, 9.17) is 9.47 Å². The molecule has 1 atom stereocenters. The van der Waals surface area contributed by atoms with Gasteiger partial charge >= 0.3 is 6.18 Å². The van der Waals surface area contributed by atoms with Crippen LogP contribution in [0.2, 0.25) is 0 Å². The van der Waals surface area contributed by atoms with Crippen molar-refractivity contribution in [3.63, 3.8) is 0 Å². The number of fused-ring (bicyclic) bond motifs is 1. The van der Waals surface area contributed by atoms with E-state index in [0.29, 0.717) is 47.3 Å². The van der Waals surface area contributed by atoms with Gasteiger partial charge in [-0.25, -0.2) is 4.98 Å². The van der Waals surface area contributed by atoms with Crippen LogP contribution in [0.1, 0.15) is 49.4 Å². The van der Waals surface area contributed by atoms with Gasteiger partial charge in [0.15, 0.2) is 11.5 Å². The van der Waals surface area contributed by atoms with Gasteiger partial charge in [0.05, 0.1) is 18.2 Å². The highest BCUT2D eigenvalue weighted by Crippen LogP contribution is 2.34. The van der Waals surface area contributed by atoms with Crippen LogP contribution in [0.5, 0.6) is 11.5 Å². The number of ether oxygens (including phenoxy) is 2. The van der Waals surface area contributed by atoms with Gasteiger partial charge in [-0.1, -0.05) is 84.9 Å². The number of alkyl halides is 3. The second-order valence-corrected chi connectivity index (χ2v) is 11.7. The van der Waals surface area contributed by atoms with Crippen molar-refractivity contribution in [3.8, 4) is 11.5 Å². The lowest BCUT2D eigenvalue weighted by molar-refractivity contribution is -0.137. The molecule has 2 heterocycles. The van der Waals surface area contributed by atoms with E-state index in [0.717, 1.165) is 22.8 Å². The largest absolute Gasteiger partial charge is 0.454 e. The van der Waals surface area contributed by atoms with E-state index in [1.807, 2.05) is 83.8 Å². The van der Waals surface area contributed by atoms with Crippen LogP contribution in [0.15, 0.2) is 109 Å². The molecule has 0 fully saturated rings. The Morgan fingerprint density at radius 3 is 2.27 bits per heavy atom. The molecular weight excluding hydrogens is 599 g/mol. The molecule has 1 N–H and O–H groups in total. The molecular formula is C35H30F3N3O3S. The Morgan fingerprint density at radius 2 is 1.51 bits per heavy atom. The Bertz CT molecular complexity index is 1750. The minimum absolute atomic E-state index is 0.146. The van der Waals surface area contributed by atoms with Crippen molar-refractivity contribution in [3.05, 3.63) is 147 Å². The monoisotopic (exact) mass is 629 g/mol. The Balaban J connectivity index is 1.20. The molecule has 0 spiro atoms. The predicted molar refractivity (Wildman–Crippen MR) is 166 cm³/mol. The van der Waals surface area contributed by atoms with E-state index >= 15 is 0 Å². The summed E-state index contributed by atoms with van der Waals surface area (Å²) in [5, 5.41) is 5.54. The standard InChI is InChI=1S/C35H30F3N3O3S/c36-35(37,38)28-13-7-10-25(16-28)19-41(20-26-14-15-31-32(18-26)44-23-43-31)21-33-39-30(22-45-33)34(42)40-29(27-11-5-2-6-12-27)17-24-8-3-1-4-9-24/h1-16,18,22,29H,17,19-21,23H2,(H,40,42)/t29-/m0/s1. The van der Waals surface area contributed by atoms with E-state index < -0.39 is 11.7 Å². The lowest BCUT2D eigenvalue weighted by Gasteiger charge is -2.22. The van der Waals surface area contributed by atoms with Gasteiger partial charge in [0.2, 0.25) is 6.79 Å². The summed E-state index contributed by atoms with van der Waals surface area (Å²) in [6, 6.07) is 30.4. The van der Waals surface area contributed by atoms with Gasteiger partial charge in [-0.05, 0) is 46.9 Å². The Labute approximate surface area is 263 Å². The summed E-state index contributed by atoms with van der Waals surface area (Å²) < 4.78 is 51.3. The van der Waals surface area contributed by atoms with Gasteiger partial charge in [-0.3, -0.25) is 9.69 Å². The number of carbonyl (C=O) groups excluding carboxylic acids is 1. The highest BCUT2D eigenvalue weighted by Gasteiger charge is 2.30. The number of thiazole rings is 1. The highest BCUT2D eigenvalue weighted by atomic mass is 32.1. The van der Waals surface area contributed by atoms with Gasteiger partial charge < -0.3 is 14.8 Å². The molecule has 0 saturated heterocycles. The zero-order valence-electron chi connectivity index (χ0n) is 24.2. The Morgan fingerprint density at radius 1 is 0.822 bits per heavy atom. The molecule has 1 aliphatic heterocycles. The molecule has 45 heavy (non-hydrogen) atoms. The lowest BCUT2D eigenvalue weighted by Crippen LogP contribution is -2.30. The topological polar surface area (TPSA) is 63.7 Å². The highest BCUT2D eigenvalue weighted by molar-refractivity contribution is 7.09. The van der Waals surface area contributed by atoms with Crippen molar-refractivity contribution in [2.24, 2.45) is 0 Å². The number of nitrogens with one attached hydrogen (secondary N) is 1. The summed E-state index contributed by atoms with van der Waals surface area (Å²) in [7, 11) is 0. The summed E-state index contributed by atoms with van der Waals surface area (Å²) in [5.74, 6) is 0.991. The zero-order valence-corrected chi connectivity index (χ0v) is 25.0. The summed E-state index contributed by atoms with van der Waals surface area (Å²) in [4.78, 5) is 20.1. The van der Waals surface area contributed by atoms with E-state index in [-0.39, 0.29) is 25.3 Å². The summed E-state index contributed by atoms with van der Waals surface area (Å²) >= 11 is 1.34. The molecule has 1 aliphatic rings. The van der Waals surface area contributed by atoms with Crippen LogP contribution in [0.3, 0.4) is 0 Å². The number of halogens is 3. The molecule has 6 rings (SSSR count). The minimum atomic E-state index is -4.44. The second kappa shape index (κ2) is 13.5. The van der Waals surface area contributed by atoms with E-state index in [9.17, 15) is 18.0 Å². The van der Waals surface area contributed by atoms with Crippen molar-refractivity contribution in [2.75, 3.05) is 6.79 Å². The molecule has 1 aromatic heterocycles. The van der Waals surface area contributed by atoms with Crippen molar-refractivity contribution in [1.29, 1.82) is 0 Å². The molecule has 4 aromatic carbocycles. The third kappa shape index (κ3) is 7.89. The van der Waals surface area contributed by atoms with Crippen molar-refractivity contribution in [2.45, 2.75) is 38.3 Å². The van der Waals surface area contributed by atoms with E-state index in [1.165, 1.54) is 23.5 Å². The fraction of sp³-hybridized carbons (Fsp3) is 0.200. The maximum absolute atomic E-state index is 13.4. The molecule has 0 saturated carbocycles. The van der Waals surface area contributed by atoms with E-state index in [2.05, 4.69) is 10.3 Å². The second-order valence-electron chi connectivity index (χ2n) is 10.8. The molecule has 6 nitrogen and oxygen atoms in total. The van der Waals surface area contributed by atoms with Gasteiger partial charge in [-0.2, -0.15) is 13.2 Å². The number of rotatable bonds is 11. The van der Waals surface area contributed by atoms with Crippen molar-refractivity contribution >= 4 is 17.2 Å². The normalized spacial score (nSPS) is 13.2. The molecule has 0 aliphatic carbocycles. The molecule has 0 radical (unpaired) electrons. The first-order chi connectivity index (χ1) is 21.8. The number of nitrogens with zero attached hydrogens (tertiary/aromatic N) is 2. The van der Waals surface area contributed by atoms with Crippen molar-refractivity contribution < 1.29 is 27.4 Å². The zero-order chi connectivity index (χ0) is 31.2. The van der Waals surface area contributed by atoms with Gasteiger partial charge in [0.1, 0.15) is 10.7 Å². The molecule has 0 bridgehead atoms. The number of benzene rings is 4. The quantitative estimate of drug-likeness (QED) is 0.162. The molecule has 10 heteroatoms. The van der Waals surface area contributed by atoms with Crippen LogP contribution in [0.4, 0.5) is 13.2 Å². The Kier molecular flexibility index (Phi) is 9.13. The van der Waals surface area contributed by atoms with Crippen LogP contribution in [0, 0.1) is 0 Å². The maximum Gasteiger partial charge on any atom is 0.416 e. The molecule has 5 aromatic rings. The van der Waals surface area contributed by atoms with Gasteiger partial charge in [0, 0.05) is 18.5 Å². The average molecular weight is 630 g/mol. The first-order valence-corrected chi connectivity index (χ1v) is 15.3. The minimum Gasteiger partial charge on any atom is -0.454 e. The number of hydrogen-bond acceptors (Lipinski definition) is 6. The number of amides is 1. The molecule has 0 unspecified atom stereocenters. The average Bonchev–Trinajstić information content (AvgIpc) is 3.71. The molecule has 230 valence electrons. The van der Waals surface area contributed by atoms with E-state index in [1.54, 1.807) is 11.4 Å². The third-order valence-corrected chi connectivity index (χ3v) is 8.27. The van der Waals surface area contributed by atoms with Crippen LogP contribution < -0.4 is 14.8 Å². The van der Waals surface area contributed by atoms with Crippen LogP contribution in [-0.2, 0) is 32.2 Å². The lowest BCUT2D eigenvalue weighted by atomic mass is 9.99. The van der Waals surface area contributed by atoms with Crippen LogP contribution in [-0.4, -0.2) is 22.6 Å². The van der Waals surface area contributed by atoms with Crippen LogP contribution in [0.25, 0.3) is 0 Å². The summed E-state index contributed by atoms with van der Waals surface area (Å²) in [6.07, 6.45) is -3.82. The number of aromatic nitrogens is 1. The first-order valence-electron chi connectivity index (χ1n) is 14.4. The predicted octanol–water partition coefficient (Wildman–Crippen LogP) is 7.81. The van der Waals surface area contributed by atoms with Crippen molar-refractivity contribution in [1.82, 2.24) is 15.2 Å². The van der Waals surface area contributed by atoms with Gasteiger partial charge in [0.25, 0.3) is 5.91 Å².